The number of nitro groups is 1. The lowest BCUT2D eigenvalue weighted by Gasteiger charge is -2.07. The van der Waals surface area contributed by atoms with E-state index < -0.39 is 10.9 Å². The largest absolute Gasteiger partial charge is 0.466 e. The van der Waals surface area contributed by atoms with E-state index in [0.717, 1.165) is 12.8 Å². The lowest BCUT2D eigenvalue weighted by atomic mass is 10.1. The molecule has 162 valence electrons. The minimum absolute atomic E-state index is 0.00209. The number of aryl methyl sites for hydroxylation is 1. The molecule has 0 heterocycles. The maximum absolute atomic E-state index is 11.8. The van der Waals surface area contributed by atoms with E-state index in [1.165, 1.54) is 38.2 Å². The van der Waals surface area contributed by atoms with Gasteiger partial charge in [-0.05, 0) is 25.3 Å². The molecule has 0 saturated heterocycles. The van der Waals surface area contributed by atoms with Crippen molar-refractivity contribution in [2.45, 2.75) is 84.7 Å². The molecule has 0 aromatic heterocycles. The summed E-state index contributed by atoms with van der Waals surface area (Å²) in [5.74, 6) is -0.731. The Kier molecular flexibility index (Phi) is 12.3. The Morgan fingerprint density at radius 3 is 2.21 bits per heavy atom. The molecule has 0 bridgehead atoms. The summed E-state index contributed by atoms with van der Waals surface area (Å²) in [4.78, 5) is 33.9. The fourth-order valence-electron chi connectivity index (χ4n) is 2.87. The van der Waals surface area contributed by atoms with Gasteiger partial charge >= 0.3 is 11.9 Å². The van der Waals surface area contributed by atoms with E-state index in [1.54, 1.807) is 19.1 Å². The van der Waals surface area contributed by atoms with E-state index in [4.69, 9.17) is 9.47 Å². The highest BCUT2D eigenvalue weighted by Crippen LogP contribution is 2.19. The number of ether oxygens (including phenoxy) is 2. The third-order valence-electron chi connectivity index (χ3n) is 4.64. The highest BCUT2D eigenvalue weighted by Gasteiger charge is 2.12. The minimum Gasteiger partial charge on any atom is -0.466 e. The lowest BCUT2D eigenvalue weighted by molar-refractivity contribution is -0.385. The Morgan fingerprint density at radius 1 is 0.931 bits per heavy atom. The van der Waals surface area contributed by atoms with Crippen LogP contribution in [0, 0.1) is 17.0 Å². The van der Waals surface area contributed by atoms with Crippen LogP contribution < -0.4 is 0 Å². The van der Waals surface area contributed by atoms with Crippen molar-refractivity contribution in [3.63, 3.8) is 0 Å². The fraction of sp³-hybridized carbons (Fsp3) is 0.636. The number of unbranched alkanes of at least 4 members (excludes halogenated alkanes) is 6. The van der Waals surface area contributed by atoms with Gasteiger partial charge < -0.3 is 9.47 Å². The molecule has 7 heteroatoms. The number of hydrogen-bond donors (Lipinski definition) is 0. The maximum Gasteiger partial charge on any atom is 0.306 e. The molecule has 0 aliphatic rings. The van der Waals surface area contributed by atoms with E-state index in [-0.39, 0.29) is 31.1 Å². The first-order valence-electron chi connectivity index (χ1n) is 10.5. The second-order valence-corrected chi connectivity index (χ2v) is 7.23. The van der Waals surface area contributed by atoms with Crippen molar-refractivity contribution in [3.8, 4) is 0 Å². The van der Waals surface area contributed by atoms with Crippen LogP contribution >= 0.6 is 0 Å². The third kappa shape index (κ3) is 11.2. The summed E-state index contributed by atoms with van der Waals surface area (Å²) < 4.78 is 10.3. The van der Waals surface area contributed by atoms with Crippen molar-refractivity contribution in [3.05, 3.63) is 39.4 Å². The summed E-state index contributed by atoms with van der Waals surface area (Å²) in [5.41, 5.74) is 1.12. The standard InChI is InChI=1S/C22H33NO6/c1-3-4-5-6-7-8-9-15-28-21(24)11-10-12-22(25)29-17-19-14-13-18(2)20(16-19)23(26)27/h13-14,16H,3-12,15,17H2,1-2H3. The highest BCUT2D eigenvalue weighted by molar-refractivity contribution is 5.72. The molecule has 0 aliphatic carbocycles. The summed E-state index contributed by atoms with van der Waals surface area (Å²) in [5, 5.41) is 10.9. The van der Waals surface area contributed by atoms with Gasteiger partial charge in [-0.1, -0.05) is 57.6 Å². The van der Waals surface area contributed by atoms with Crippen LogP contribution in [0.4, 0.5) is 5.69 Å². The van der Waals surface area contributed by atoms with Gasteiger partial charge in [0.05, 0.1) is 11.5 Å². The molecular weight excluding hydrogens is 374 g/mol. The van der Waals surface area contributed by atoms with E-state index >= 15 is 0 Å². The van der Waals surface area contributed by atoms with Gasteiger partial charge in [0.2, 0.25) is 0 Å². The van der Waals surface area contributed by atoms with Gasteiger partial charge in [0.25, 0.3) is 5.69 Å². The Morgan fingerprint density at radius 2 is 1.55 bits per heavy atom. The second kappa shape index (κ2) is 14.5. The van der Waals surface area contributed by atoms with Crippen LogP contribution in [0.15, 0.2) is 18.2 Å². The van der Waals surface area contributed by atoms with Crippen molar-refractivity contribution in [1.82, 2.24) is 0 Å². The Balaban J connectivity index is 2.11. The van der Waals surface area contributed by atoms with Crippen LogP contribution in [0.2, 0.25) is 0 Å². The van der Waals surface area contributed by atoms with Crippen LogP contribution in [0.1, 0.15) is 82.3 Å². The quantitative estimate of drug-likeness (QED) is 0.167. The molecule has 0 fully saturated rings. The fourth-order valence-corrected chi connectivity index (χ4v) is 2.87. The van der Waals surface area contributed by atoms with Crippen molar-refractivity contribution >= 4 is 17.6 Å². The molecule has 0 unspecified atom stereocenters. The number of esters is 2. The average molecular weight is 408 g/mol. The number of rotatable bonds is 15. The first-order chi connectivity index (χ1) is 13.9. The second-order valence-electron chi connectivity index (χ2n) is 7.23. The maximum atomic E-state index is 11.8. The molecule has 0 amide bonds. The summed E-state index contributed by atoms with van der Waals surface area (Å²) >= 11 is 0. The molecule has 7 nitrogen and oxygen atoms in total. The lowest BCUT2D eigenvalue weighted by Crippen LogP contribution is -2.09. The molecule has 0 saturated carbocycles. The summed E-state index contributed by atoms with van der Waals surface area (Å²) in [7, 11) is 0. The Hall–Kier alpha value is -2.44. The zero-order valence-corrected chi connectivity index (χ0v) is 17.6. The molecule has 0 radical (unpaired) electrons. The van der Waals surface area contributed by atoms with E-state index in [0.29, 0.717) is 24.2 Å². The SMILES string of the molecule is CCCCCCCCCOC(=O)CCCC(=O)OCc1ccc(C)c([N+](=O)[O-])c1. The van der Waals surface area contributed by atoms with Crippen molar-refractivity contribution < 1.29 is 24.0 Å². The van der Waals surface area contributed by atoms with Crippen LogP contribution in [-0.4, -0.2) is 23.5 Å². The topological polar surface area (TPSA) is 95.7 Å². The highest BCUT2D eigenvalue weighted by atomic mass is 16.6. The number of carbonyl (C=O) groups excluding carboxylic acids is 2. The Labute approximate surface area is 172 Å². The van der Waals surface area contributed by atoms with Crippen molar-refractivity contribution in [2.75, 3.05) is 6.61 Å². The molecular formula is C22H33NO6. The van der Waals surface area contributed by atoms with Gasteiger partial charge in [-0.25, -0.2) is 0 Å². The normalized spacial score (nSPS) is 10.6. The minimum atomic E-state index is -0.460. The molecule has 1 aromatic carbocycles. The average Bonchev–Trinajstić information content (AvgIpc) is 2.69. The summed E-state index contributed by atoms with van der Waals surface area (Å²) in [6, 6.07) is 4.73. The molecule has 1 aromatic rings. The van der Waals surface area contributed by atoms with Gasteiger partial charge in [0.1, 0.15) is 6.61 Å². The molecule has 1 rings (SSSR count). The van der Waals surface area contributed by atoms with Gasteiger partial charge in [0.15, 0.2) is 0 Å². The van der Waals surface area contributed by atoms with E-state index in [1.807, 2.05) is 0 Å². The van der Waals surface area contributed by atoms with Crippen LogP contribution in [0.5, 0.6) is 0 Å². The van der Waals surface area contributed by atoms with Gasteiger partial charge in [-0.2, -0.15) is 0 Å². The zero-order valence-electron chi connectivity index (χ0n) is 17.6. The van der Waals surface area contributed by atoms with E-state index in [2.05, 4.69) is 6.92 Å². The molecule has 29 heavy (non-hydrogen) atoms. The number of benzene rings is 1. The van der Waals surface area contributed by atoms with Gasteiger partial charge in [-0.15, -0.1) is 0 Å². The van der Waals surface area contributed by atoms with Crippen molar-refractivity contribution in [2.24, 2.45) is 0 Å². The molecule has 0 atom stereocenters. The van der Waals surface area contributed by atoms with Crippen LogP contribution in [0.25, 0.3) is 0 Å². The number of hydrogen-bond acceptors (Lipinski definition) is 6. The first-order valence-corrected chi connectivity index (χ1v) is 10.5. The monoisotopic (exact) mass is 407 g/mol. The summed E-state index contributed by atoms with van der Waals surface area (Å²) in [6.07, 6.45) is 8.80. The summed E-state index contributed by atoms with van der Waals surface area (Å²) in [6.45, 7) is 4.25. The molecule has 0 N–H and O–H groups in total. The van der Waals surface area contributed by atoms with Crippen LogP contribution in [-0.2, 0) is 25.7 Å². The molecule has 0 spiro atoms. The number of carbonyl (C=O) groups is 2. The predicted molar refractivity (Wildman–Crippen MR) is 110 cm³/mol. The first kappa shape index (κ1) is 24.6. The zero-order chi connectivity index (χ0) is 21.5. The smallest absolute Gasteiger partial charge is 0.306 e. The Bertz CT molecular complexity index is 659. The third-order valence-corrected chi connectivity index (χ3v) is 4.64. The molecule has 0 aliphatic heterocycles. The van der Waals surface area contributed by atoms with E-state index in [9.17, 15) is 19.7 Å². The van der Waals surface area contributed by atoms with Gasteiger partial charge in [-0.3, -0.25) is 19.7 Å². The van der Waals surface area contributed by atoms with Crippen molar-refractivity contribution in [1.29, 1.82) is 0 Å². The van der Waals surface area contributed by atoms with Gasteiger partial charge in [0, 0.05) is 24.5 Å². The van der Waals surface area contributed by atoms with Crippen LogP contribution in [0.3, 0.4) is 0 Å². The predicted octanol–water partition coefficient (Wildman–Crippen LogP) is 5.41. The number of nitro benzene ring substituents is 1. The number of nitrogens with zero attached hydrogens (tertiary/aromatic N) is 1.